The number of carbonyl (C=O) groups is 1. The fraction of sp³-hybridized carbons (Fsp3) is 0.500. The Balaban J connectivity index is 1.97. The normalized spacial score (nSPS) is 23.1. The number of hydrogen-bond acceptors (Lipinski definition) is 2. The number of halogens is 2. The zero-order chi connectivity index (χ0) is 13.8. The van der Waals surface area contributed by atoms with Gasteiger partial charge >= 0.3 is 0 Å². The largest absolute Gasteiger partial charge is 0.352 e. The molecule has 0 saturated carbocycles. The van der Waals surface area contributed by atoms with Crippen molar-refractivity contribution in [2.24, 2.45) is 5.92 Å². The second kappa shape index (κ2) is 6.60. The molecule has 104 valence electrons. The molecule has 2 atom stereocenters. The molecule has 3 nitrogen and oxygen atoms in total. The smallest absolute Gasteiger partial charge is 0.224 e. The maximum absolute atomic E-state index is 12.1. The lowest BCUT2D eigenvalue weighted by atomic mass is 9.94. The SMILES string of the molecule is CC1CCNCC1NC(=O)Cc1c(Cl)cccc1Cl. The summed E-state index contributed by atoms with van der Waals surface area (Å²) >= 11 is 12.1. The van der Waals surface area contributed by atoms with Crippen molar-refractivity contribution in [2.45, 2.75) is 25.8 Å². The third-order valence-electron chi connectivity index (χ3n) is 3.57. The minimum absolute atomic E-state index is 0.0319. The molecule has 0 aliphatic carbocycles. The highest BCUT2D eigenvalue weighted by Gasteiger charge is 2.23. The highest BCUT2D eigenvalue weighted by Crippen LogP contribution is 2.24. The Hall–Kier alpha value is -0.770. The first kappa shape index (κ1) is 14.6. The summed E-state index contributed by atoms with van der Waals surface area (Å²) in [5.41, 5.74) is 0.694. The van der Waals surface area contributed by atoms with Crippen LogP contribution in [0.15, 0.2) is 18.2 Å². The van der Waals surface area contributed by atoms with Crippen LogP contribution in [0, 0.1) is 5.92 Å². The highest BCUT2D eigenvalue weighted by atomic mass is 35.5. The van der Waals surface area contributed by atoms with E-state index in [-0.39, 0.29) is 18.4 Å². The fourth-order valence-electron chi connectivity index (χ4n) is 2.30. The lowest BCUT2D eigenvalue weighted by Gasteiger charge is -2.30. The van der Waals surface area contributed by atoms with Crippen LogP contribution < -0.4 is 10.6 Å². The van der Waals surface area contributed by atoms with Gasteiger partial charge < -0.3 is 10.6 Å². The van der Waals surface area contributed by atoms with Gasteiger partial charge in [0, 0.05) is 22.6 Å². The maximum Gasteiger partial charge on any atom is 0.224 e. The Bertz CT molecular complexity index is 445. The van der Waals surface area contributed by atoms with Crippen LogP contribution in [-0.4, -0.2) is 25.0 Å². The van der Waals surface area contributed by atoms with Crippen molar-refractivity contribution in [3.05, 3.63) is 33.8 Å². The van der Waals surface area contributed by atoms with Crippen LogP contribution in [-0.2, 0) is 11.2 Å². The molecular formula is C14H18Cl2N2O. The van der Waals surface area contributed by atoms with Crippen molar-refractivity contribution in [3.8, 4) is 0 Å². The van der Waals surface area contributed by atoms with Crippen molar-refractivity contribution in [1.82, 2.24) is 10.6 Å². The van der Waals surface area contributed by atoms with Crippen LogP contribution in [0.25, 0.3) is 0 Å². The van der Waals surface area contributed by atoms with E-state index in [4.69, 9.17) is 23.2 Å². The number of hydrogen-bond donors (Lipinski definition) is 2. The number of piperidine rings is 1. The predicted molar refractivity (Wildman–Crippen MR) is 78.7 cm³/mol. The van der Waals surface area contributed by atoms with Crippen molar-refractivity contribution >= 4 is 29.1 Å². The molecule has 0 bridgehead atoms. The van der Waals surface area contributed by atoms with Crippen LogP contribution in [0.5, 0.6) is 0 Å². The van der Waals surface area contributed by atoms with Crippen LogP contribution in [0.2, 0.25) is 10.0 Å². The van der Waals surface area contributed by atoms with Gasteiger partial charge in [-0.3, -0.25) is 4.79 Å². The highest BCUT2D eigenvalue weighted by molar-refractivity contribution is 6.36. The van der Waals surface area contributed by atoms with E-state index in [0.29, 0.717) is 21.5 Å². The van der Waals surface area contributed by atoms with Crippen LogP contribution >= 0.6 is 23.2 Å². The first-order valence-corrected chi connectivity index (χ1v) is 7.26. The minimum Gasteiger partial charge on any atom is -0.352 e. The number of rotatable bonds is 3. The average molecular weight is 301 g/mol. The van der Waals surface area contributed by atoms with Crippen molar-refractivity contribution in [1.29, 1.82) is 0 Å². The molecule has 1 aliphatic heterocycles. The van der Waals surface area contributed by atoms with E-state index < -0.39 is 0 Å². The van der Waals surface area contributed by atoms with Gasteiger partial charge in [0.25, 0.3) is 0 Å². The van der Waals surface area contributed by atoms with Crippen LogP contribution in [0.1, 0.15) is 18.9 Å². The Morgan fingerprint density at radius 1 is 1.42 bits per heavy atom. The molecule has 1 saturated heterocycles. The van der Waals surface area contributed by atoms with Gasteiger partial charge in [-0.05, 0) is 36.6 Å². The first-order chi connectivity index (χ1) is 9.08. The zero-order valence-electron chi connectivity index (χ0n) is 10.9. The van der Waals surface area contributed by atoms with E-state index in [1.807, 2.05) is 0 Å². The summed E-state index contributed by atoms with van der Waals surface area (Å²) < 4.78 is 0. The molecule has 0 spiro atoms. The van der Waals surface area contributed by atoms with E-state index in [2.05, 4.69) is 17.6 Å². The molecule has 0 aromatic heterocycles. The molecule has 2 rings (SSSR count). The molecule has 5 heteroatoms. The fourth-order valence-corrected chi connectivity index (χ4v) is 2.83. The monoisotopic (exact) mass is 300 g/mol. The summed E-state index contributed by atoms with van der Waals surface area (Å²) in [7, 11) is 0. The predicted octanol–water partition coefficient (Wildman–Crippen LogP) is 2.65. The number of amides is 1. The van der Waals surface area contributed by atoms with Crippen molar-refractivity contribution < 1.29 is 4.79 Å². The summed E-state index contributed by atoms with van der Waals surface area (Å²) in [6, 6.07) is 5.46. The summed E-state index contributed by atoms with van der Waals surface area (Å²) in [5.74, 6) is 0.461. The molecule has 2 unspecified atom stereocenters. The van der Waals surface area contributed by atoms with Gasteiger partial charge in [-0.15, -0.1) is 0 Å². The van der Waals surface area contributed by atoms with Gasteiger partial charge in [0.15, 0.2) is 0 Å². The molecule has 19 heavy (non-hydrogen) atoms. The molecule has 1 fully saturated rings. The van der Waals surface area contributed by atoms with E-state index in [1.54, 1.807) is 18.2 Å². The molecule has 1 amide bonds. The van der Waals surface area contributed by atoms with Gasteiger partial charge in [-0.1, -0.05) is 36.2 Å². The summed E-state index contributed by atoms with van der Waals surface area (Å²) in [5, 5.41) is 7.42. The molecular weight excluding hydrogens is 283 g/mol. The summed E-state index contributed by atoms with van der Waals surface area (Å²) in [6.45, 7) is 4.00. The van der Waals surface area contributed by atoms with Crippen molar-refractivity contribution in [2.75, 3.05) is 13.1 Å². The minimum atomic E-state index is -0.0319. The summed E-state index contributed by atoms with van der Waals surface area (Å²) in [4.78, 5) is 12.1. The maximum atomic E-state index is 12.1. The second-order valence-electron chi connectivity index (χ2n) is 5.02. The van der Waals surface area contributed by atoms with Gasteiger partial charge in [0.2, 0.25) is 5.91 Å². The van der Waals surface area contributed by atoms with Gasteiger partial charge in [-0.25, -0.2) is 0 Å². The topological polar surface area (TPSA) is 41.1 Å². The molecule has 1 aromatic rings. The van der Waals surface area contributed by atoms with E-state index in [9.17, 15) is 4.79 Å². The van der Waals surface area contributed by atoms with Gasteiger partial charge in [0.05, 0.1) is 6.42 Å². The lowest BCUT2D eigenvalue weighted by Crippen LogP contribution is -2.50. The van der Waals surface area contributed by atoms with Gasteiger partial charge in [-0.2, -0.15) is 0 Å². The Morgan fingerprint density at radius 3 is 2.74 bits per heavy atom. The third-order valence-corrected chi connectivity index (χ3v) is 4.28. The second-order valence-corrected chi connectivity index (χ2v) is 5.84. The number of carbonyl (C=O) groups excluding carboxylic acids is 1. The molecule has 2 N–H and O–H groups in total. The quantitative estimate of drug-likeness (QED) is 0.901. The Kier molecular flexibility index (Phi) is 5.08. The van der Waals surface area contributed by atoms with Crippen LogP contribution in [0.4, 0.5) is 0 Å². The lowest BCUT2D eigenvalue weighted by molar-refractivity contribution is -0.121. The standard InChI is InChI=1S/C14H18Cl2N2O/c1-9-5-6-17-8-13(9)18-14(19)7-10-11(15)3-2-4-12(10)16/h2-4,9,13,17H,5-8H2,1H3,(H,18,19). The molecule has 0 radical (unpaired) electrons. The van der Waals surface area contributed by atoms with Gasteiger partial charge in [0.1, 0.15) is 0 Å². The van der Waals surface area contributed by atoms with E-state index in [0.717, 1.165) is 19.5 Å². The number of benzene rings is 1. The number of nitrogens with one attached hydrogen (secondary N) is 2. The Labute approximate surface area is 123 Å². The van der Waals surface area contributed by atoms with E-state index >= 15 is 0 Å². The van der Waals surface area contributed by atoms with Crippen molar-refractivity contribution in [3.63, 3.8) is 0 Å². The first-order valence-electron chi connectivity index (χ1n) is 6.51. The third kappa shape index (κ3) is 3.85. The average Bonchev–Trinajstić information content (AvgIpc) is 2.37. The summed E-state index contributed by atoms with van der Waals surface area (Å²) in [6.07, 6.45) is 1.31. The van der Waals surface area contributed by atoms with Crippen LogP contribution in [0.3, 0.4) is 0 Å². The molecule has 1 heterocycles. The zero-order valence-corrected chi connectivity index (χ0v) is 12.4. The molecule has 1 aliphatic rings. The Morgan fingerprint density at radius 2 is 2.11 bits per heavy atom. The molecule has 1 aromatic carbocycles. The van der Waals surface area contributed by atoms with E-state index in [1.165, 1.54) is 0 Å².